The van der Waals surface area contributed by atoms with Gasteiger partial charge < -0.3 is 10.5 Å². The van der Waals surface area contributed by atoms with Crippen molar-refractivity contribution in [2.24, 2.45) is 0 Å². The summed E-state index contributed by atoms with van der Waals surface area (Å²) in [5.74, 6) is -0.313. The van der Waals surface area contributed by atoms with E-state index in [1.54, 1.807) is 0 Å². The lowest BCUT2D eigenvalue weighted by molar-refractivity contribution is -0.133. The third-order valence-corrected chi connectivity index (χ3v) is 2.30. The average molecular weight is 225 g/mol. The Bertz CT molecular complexity index is 406. The number of hydrogen-bond donors (Lipinski definition) is 1. The fourth-order valence-electron chi connectivity index (χ4n) is 0.942. The van der Waals surface area contributed by atoms with Gasteiger partial charge in [0.05, 0.1) is 12.7 Å². The fraction of sp³-hybridized carbons (Fsp3) is 0.222. The summed E-state index contributed by atoms with van der Waals surface area (Å²) >= 11 is 1.37. The summed E-state index contributed by atoms with van der Waals surface area (Å²) in [4.78, 5) is 19.2. The van der Waals surface area contributed by atoms with E-state index in [-0.39, 0.29) is 11.4 Å². The van der Waals surface area contributed by atoms with E-state index < -0.39 is 5.97 Å². The Labute approximate surface area is 91.7 Å². The van der Waals surface area contributed by atoms with Crippen LogP contribution in [-0.2, 0) is 9.53 Å². The van der Waals surface area contributed by atoms with Gasteiger partial charge in [0.25, 0.3) is 0 Å². The number of anilines is 1. The van der Waals surface area contributed by atoms with Crippen LogP contribution in [0, 0.1) is 0 Å². The number of hydrogen-bond acceptors (Lipinski definition) is 6. The normalized spacial score (nSPS) is 9.73. The Hall–Kier alpha value is -1.56. The molecule has 0 atom stereocenters. The van der Waals surface area contributed by atoms with Crippen LogP contribution in [0.4, 0.5) is 5.82 Å². The van der Waals surface area contributed by atoms with Crippen molar-refractivity contribution in [1.29, 1.82) is 0 Å². The maximum Gasteiger partial charge on any atom is 0.338 e. The zero-order valence-electron chi connectivity index (χ0n) is 8.48. The molecule has 0 aliphatic rings. The van der Waals surface area contributed by atoms with E-state index in [9.17, 15) is 4.79 Å². The van der Waals surface area contributed by atoms with Crippen molar-refractivity contribution >= 4 is 29.1 Å². The van der Waals surface area contributed by atoms with E-state index in [0.717, 1.165) is 0 Å². The van der Waals surface area contributed by atoms with Crippen molar-refractivity contribution in [3.05, 3.63) is 18.3 Å². The summed E-state index contributed by atoms with van der Waals surface area (Å²) < 4.78 is 4.52. The number of nitrogens with two attached hydrogens (primary N) is 1. The van der Waals surface area contributed by atoms with Gasteiger partial charge in [-0.25, -0.2) is 14.8 Å². The molecular weight excluding hydrogens is 214 g/mol. The molecule has 6 heteroatoms. The van der Waals surface area contributed by atoms with E-state index in [0.29, 0.717) is 10.7 Å². The van der Waals surface area contributed by atoms with E-state index in [1.807, 2.05) is 6.26 Å². The minimum absolute atomic E-state index is 0.155. The molecule has 0 unspecified atom stereocenters. The standard InChI is InChI=1S/C9H11N3O2S/c1-5(8(13)14-2)6-4-11-9(15-3)12-7(6)10/h4H,1H2,2-3H3,(H2,10,11,12). The Morgan fingerprint density at radius 3 is 2.80 bits per heavy atom. The lowest BCUT2D eigenvalue weighted by Gasteiger charge is -2.06. The predicted octanol–water partition coefficient (Wildman–Crippen LogP) is 0.967. The average Bonchev–Trinajstić information content (AvgIpc) is 2.26. The summed E-state index contributed by atoms with van der Waals surface area (Å²) in [6, 6.07) is 0. The van der Waals surface area contributed by atoms with Gasteiger partial charge in [0, 0.05) is 11.8 Å². The molecule has 0 aliphatic carbocycles. The van der Waals surface area contributed by atoms with Crippen LogP contribution in [0.1, 0.15) is 5.56 Å². The highest BCUT2D eigenvalue weighted by atomic mass is 32.2. The number of aromatic nitrogens is 2. The van der Waals surface area contributed by atoms with Crippen molar-refractivity contribution in [3.63, 3.8) is 0 Å². The van der Waals surface area contributed by atoms with Crippen LogP contribution >= 0.6 is 11.8 Å². The van der Waals surface area contributed by atoms with Crippen molar-refractivity contribution in [2.45, 2.75) is 5.16 Å². The van der Waals surface area contributed by atoms with Crippen molar-refractivity contribution in [2.75, 3.05) is 19.1 Å². The van der Waals surface area contributed by atoms with Gasteiger partial charge in [-0.05, 0) is 6.26 Å². The molecule has 2 N–H and O–H groups in total. The molecule has 1 aromatic heterocycles. The molecule has 0 amide bonds. The van der Waals surface area contributed by atoms with Crippen LogP contribution in [-0.4, -0.2) is 29.3 Å². The highest BCUT2D eigenvalue weighted by molar-refractivity contribution is 7.98. The van der Waals surface area contributed by atoms with Crippen LogP contribution in [0.15, 0.2) is 17.9 Å². The number of nitrogens with zero attached hydrogens (tertiary/aromatic N) is 2. The largest absolute Gasteiger partial charge is 0.465 e. The highest BCUT2D eigenvalue weighted by Crippen LogP contribution is 2.20. The van der Waals surface area contributed by atoms with Gasteiger partial charge in [0.2, 0.25) is 0 Å². The molecule has 80 valence electrons. The smallest absolute Gasteiger partial charge is 0.338 e. The number of carbonyl (C=O) groups is 1. The van der Waals surface area contributed by atoms with Crippen molar-refractivity contribution in [1.82, 2.24) is 9.97 Å². The molecule has 15 heavy (non-hydrogen) atoms. The molecule has 0 spiro atoms. The van der Waals surface area contributed by atoms with E-state index >= 15 is 0 Å². The molecule has 1 heterocycles. The fourth-order valence-corrected chi connectivity index (χ4v) is 1.29. The Morgan fingerprint density at radius 1 is 1.67 bits per heavy atom. The Morgan fingerprint density at radius 2 is 2.33 bits per heavy atom. The van der Waals surface area contributed by atoms with Crippen LogP contribution in [0.3, 0.4) is 0 Å². The number of nitrogen functional groups attached to an aromatic ring is 1. The molecule has 0 saturated carbocycles. The SMILES string of the molecule is C=C(C(=O)OC)c1cnc(SC)nc1N. The first-order chi connectivity index (χ1) is 7.10. The third-order valence-electron chi connectivity index (χ3n) is 1.74. The number of esters is 1. The lowest BCUT2D eigenvalue weighted by atomic mass is 10.1. The highest BCUT2D eigenvalue weighted by Gasteiger charge is 2.14. The second-order valence-corrected chi connectivity index (χ2v) is 3.40. The minimum Gasteiger partial charge on any atom is -0.465 e. The van der Waals surface area contributed by atoms with Crippen LogP contribution in [0.5, 0.6) is 0 Å². The molecule has 5 nitrogen and oxygen atoms in total. The first-order valence-corrected chi connectivity index (χ1v) is 5.26. The molecule has 1 aromatic rings. The number of ether oxygens (including phenoxy) is 1. The third kappa shape index (κ3) is 2.47. The summed E-state index contributed by atoms with van der Waals surface area (Å²) in [7, 11) is 1.28. The van der Waals surface area contributed by atoms with Gasteiger partial charge in [-0.2, -0.15) is 0 Å². The van der Waals surface area contributed by atoms with E-state index in [1.165, 1.54) is 25.1 Å². The number of thioether (sulfide) groups is 1. The van der Waals surface area contributed by atoms with Gasteiger partial charge in [0.15, 0.2) is 5.16 Å². The molecule has 0 saturated heterocycles. The molecular formula is C9H11N3O2S. The zero-order valence-corrected chi connectivity index (χ0v) is 9.30. The summed E-state index contributed by atoms with van der Waals surface area (Å²) in [5, 5.41) is 0.550. The van der Waals surface area contributed by atoms with E-state index in [2.05, 4.69) is 21.3 Å². The molecule has 0 aromatic carbocycles. The topological polar surface area (TPSA) is 78.1 Å². The van der Waals surface area contributed by atoms with Gasteiger partial charge >= 0.3 is 5.97 Å². The monoisotopic (exact) mass is 225 g/mol. The molecule has 0 bridgehead atoms. The first-order valence-electron chi connectivity index (χ1n) is 4.04. The Balaban J connectivity index is 3.06. The molecule has 0 aliphatic heterocycles. The van der Waals surface area contributed by atoms with Crippen LogP contribution in [0.25, 0.3) is 5.57 Å². The van der Waals surface area contributed by atoms with Gasteiger partial charge in [-0.3, -0.25) is 0 Å². The van der Waals surface area contributed by atoms with E-state index in [4.69, 9.17) is 5.73 Å². The number of carbonyl (C=O) groups excluding carboxylic acids is 1. The molecule has 0 fully saturated rings. The second kappa shape index (κ2) is 4.79. The maximum atomic E-state index is 11.2. The number of rotatable bonds is 3. The van der Waals surface area contributed by atoms with Crippen molar-refractivity contribution in [3.8, 4) is 0 Å². The first kappa shape index (κ1) is 11.5. The number of methoxy groups -OCH3 is 1. The Kier molecular flexibility index (Phi) is 3.68. The van der Waals surface area contributed by atoms with Crippen LogP contribution < -0.4 is 5.73 Å². The summed E-state index contributed by atoms with van der Waals surface area (Å²) in [6.45, 7) is 3.57. The van der Waals surface area contributed by atoms with Gasteiger partial charge in [0.1, 0.15) is 5.82 Å². The van der Waals surface area contributed by atoms with Crippen molar-refractivity contribution < 1.29 is 9.53 Å². The summed E-state index contributed by atoms with van der Waals surface area (Å²) in [6.07, 6.45) is 3.30. The van der Waals surface area contributed by atoms with Crippen LogP contribution in [0.2, 0.25) is 0 Å². The lowest BCUT2D eigenvalue weighted by Crippen LogP contribution is -2.07. The zero-order chi connectivity index (χ0) is 11.4. The van der Waals surface area contributed by atoms with Gasteiger partial charge in [-0.1, -0.05) is 18.3 Å². The minimum atomic E-state index is -0.540. The second-order valence-electron chi connectivity index (χ2n) is 2.63. The predicted molar refractivity (Wildman–Crippen MR) is 59.3 cm³/mol. The summed E-state index contributed by atoms with van der Waals surface area (Å²) in [5.41, 5.74) is 6.21. The molecule has 0 radical (unpaired) electrons. The maximum absolute atomic E-state index is 11.2. The molecule has 1 rings (SSSR count). The quantitative estimate of drug-likeness (QED) is 0.357. The van der Waals surface area contributed by atoms with Gasteiger partial charge in [-0.15, -0.1) is 0 Å².